The lowest BCUT2D eigenvalue weighted by molar-refractivity contribution is 0.0933. The summed E-state index contributed by atoms with van der Waals surface area (Å²) in [5.41, 5.74) is 6.10. The number of hydrogen-bond acceptors (Lipinski definition) is 2. The number of amides is 1. The van der Waals surface area contributed by atoms with Crippen LogP contribution in [-0.2, 0) is 0 Å². The van der Waals surface area contributed by atoms with Gasteiger partial charge in [-0.1, -0.05) is 22.9 Å². The van der Waals surface area contributed by atoms with Crippen LogP contribution in [0.2, 0.25) is 0 Å². The number of halogens is 1. The third-order valence-corrected chi connectivity index (χ3v) is 2.21. The van der Waals surface area contributed by atoms with E-state index in [1.54, 1.807) is 12.1 Å². The number of benzene rings is 1. The third-order valence-electron chi connectivity index (χ3n) is 1.68. The van der Waals surface area contributed by atoms with E-state index in [0.29, 0.717) is 5.56 Å². The number of rotatable bonds is 4. The number of carbonyl (C=O) groups is 1. The first-order valence-corrected chi connectivity index (χ1v) is 5.32. The van der Waals surface area contributed by atoms with Gasteiger partial charge in [-0.15, -0.1) is 0 Å². The lowest BCUT2D eigenvalue weighted by Gasteiger charge is -2.05. The number of carbonyl (C=O) groups excluding carboxylic acids is 1. The second kappa shape index (κ2) is 5.78. The van der Waals surface area contributed by atoms with E-state index in [9.17, 15) is 4.79 Å². The maximum absolute atomic E-state index is 11.4. The fraction of sp³-hybridized carbons (Fsp3) is 0.300. The molecule has 0 bridgehead atoms. The Kier molecular flexibility index (Phi) is 4.62. The van der Waals surface area contributed by atoms with Gasteiger partial charge in [-0.05, 0) is 30.7 Å². The fourth-order valence-electron chi connectivity index (χ4n) is 0.941. The molecule has 0 aliphatic rings. The predicted molar refractivity (Wildman–Crippen MR) is 59.9 cm³/mol. The standard InChI is InChI=1S/C10H13BrN2O/c1-2-7-12-13-10(14)8-3-5-9(11)6-4-8/h3-6,12H,2,7H2,1H3,(H,13,14). The molecular formula is C10H13BrN2O. The van der Waals surface area contributed by atoms with Gasteiger partial charge in [0.05, 0.1) is 0 Å². The summed E-state index contributed by atoms with van der Waals surface area (Å²) in [5.74, 6) is -0.106. The van der Waals surface area contributed by atoms with Crippen LogP contribution in [0, 0.1) is 0 Å². The normalized spacial score (nSPS) is 9.86. The SMILES string of the molecule is CCCNNC(=O)c1ccc(Br)cc1. The zero-order valence-electron chi connectivity index (χ0n) is 8.01. The van der Waals surface area contributed by atoms with E-state index >= 15 is 0 Å². The van der Waals surface area contributed by atoms with Crippen LogP contribution >= 0.6 is 15.9 Å². The van der Waals surface area contributed by atoms with Crippen LogP contribution in [0.25, 0.3) is 0 Å². The Morgan fingerprint density at radius 1 is 1.36 bits per heavy atom. The van der Waals surface area contributed by atoms with Crippen molar-refractivity contribution in [2.24, 2.45) is 0 Å². The molecule has 0 radical (unpaired) electrons. The van der Waals surface area contributed by atoms with Crippen LogP contribution < -0.4 is 10.9 Å². The molecule has 0 aliphatic heterocycles. The minimum Gasteiger partial charge on any atom is -0.287 e. The minimum absolute atomic E-state index is 0.106. The van der Waals surface area contributed by atoms with Gasteiger partial charge in [0.1, 0.15) is 0 Å². The lowest BCUT2D eigenvalue weighted by Crippen LogP contribution is -2.37. The molecule has 0 atom stereocenters. The highest BCUT2D eigenvalue weighted by atomic mass is 79.9. The van der Waals surface area contributed by atoms with Crippen molar-refractivity contribution in [3.05, 3.63) is 34.3 Å². The molecule has 76 valence electrons. The molecule has 0 fully saturated rings. The zero-order chi connectivity index (χ0) is 10.4. The minimum atomic E-state index is -0.106. The Morgan fingerprint density at radius 2 is 2.00 bits per heavy atom. The van der Waals surface area contributed by atoms with Gasteiger partial charge in [-0.25, -0.2) is 5.43 Å². The van der Waals surface area contributed by atoms with Gasteiger partial charge >= 0.3 is 0 Å². The fourth-order valence-corrected chi connectivity index (χ4v) is 1.21. The van der Waals surface area contributed by atoms with Crippen LogP contribution in [0.4, 0.5) is 0 Å². The monoisotopic (exact) mass is 256 g/mol. The third kappa shape index (κ3) is 3.47. The van der Waals surface area contributed by atoms with Crippen LogP contribution in [0.1, 0.15) is 23.7 Å². The molecule has 0 heterocycles. The molecule has 0 aromatic heterocycles. The molecular weight excluding hydrogens is 244 g/mol. The Labute approximate surface area is 92.0 Å². The van der Waals surface area contributed by atoms with Gasteiger partial charge in [0.15, 0.2) is 0 Å². The van der Waals surface area contributed by atoms with Gasteiger partial charge in [0, 0.05) is 16.6 Å². The van der Waals surface area contributed by atoms with Gasteiger partial charge < -0.3 is 0 Å². The average molecular weight is 257 g/mol. The average Bonchev–Trinajstić information content (AvgIpc) is 2.19. The van der Waals surface area contributed by atoms with Crippen LogP contribution in [-0.4, -0.2) is 12.5 Å². The summed E-state index contributed by atoms with van der Waals surface area (Å²) in [6.45, 7) is 2.82. The number of nitrogens with one attached hydrogen (secondary N) is 2. The maximum atomic E-state index is 11.4. The second-order valence-electron chi connectivity index (χ2n) is 2.89. The van der Waals surface area contributed by atoms with Gasteiger partial charge in [-0.3, -0.25) is 10.2 Å². The summed E-state index contributed by atoms with van der Waals surface area (Å²) >= 11 is 3.31. The van der Waals surface area contributed by atoms with Crippen LogP contribution in [0.15, 0.2) is 28.7 Å². The molecule has 0 saturated heterocycles. The van der Waals surface area contributed by atoms with Crippen molar-refractivity contribution >= 4 is 21.8 Å². The largest absolute Gasteiger partial charge is 0.287 e. The van der Waals surface area contributed by atoms with E-state index in [1.807, 2.05) is 19.1 Å². The summed E-state index contributed by atoms with van der Waals surface area (Å²) in [5, 5.41) is 0. The molecule has 0 spiro atoms. The molecule has 1 amide bonds. The molecule has 14 heavy (non-hydrogen) atoms. The van der Waals surface area contributed by atoms with Crippen molar-refractivity contribution in [3.63, 3.8) is 0 Å². The van der Waals surface area contributed by atoms with Crippen LogP contribution in [0.5, 0.6) is 0 Å². The first kappa shape index (κ1) is 11.2. The topological polar surface area (TPSA) is 41.1 Å². The summed E-state index contributed by atoms with van der Waals surface area (Å²) in [7, 11) is 0. The molecule has 1 rings (SSSR count). The zero-order valence-corrected chi connectivity index (χ0v) is 9.60. The van der Waals surface area contributed by atoms with Crippen molar-refractivity contribution < 1.29 is 4.79 Å². The van der Waals surface area contributed by atoms with E-state index in [-0.39, 0.29) is 5.91 Å². The highest BCUT2D eigenvalue weighted by Crippen LogP contribution is 2.09. The molecule has 0 aliphatic carbocycles. The molecule has 0 unspecified atom stereocenters. The van der Waals surface area contributed by atoms with Gasteiger partial charge in [0.2, 0.25) is 0 Å². The lowest BCUT2D eigenvalue weighted by atomic mass is 10.2. The summed E-state index contributed by atoms with van der Waals surface area (Å²) in [4.78, 5) is 11.4. The Morgan fingerprint density at radius 3 is 2.57 bits per heavy atom. The van der Waals surface area contributed by atoms with Crippen molar-refractivity contribution in [1.82, 2.24) is 10.9 Å². The molecule has 1 aromatic rings. The molecule has 2 N–H and O–H groups in total. The molecule has 3 nitrogen and oxygen atoms in total. The van der Waals surface area contributed by atoms with Crippen LogP contribution in [0.3, 0.4) is 0 Å². The Hall–Kier alpha value is -0.870. The van der Waals surface area contributed by atoms with E-state index in [4.69, 9.17) is 0 Å². The predicted octanol–water partition coefficient (Wildman–Crippen LogP) is 2.09. The summed E-state index contributed by atoms with van der Waals surface area (Å²) < 4.78 is 0.968. The second-order valence-corrected chi connectivity index (χ2v) is 3.80. The number of hydrazine groups is 1. The first-order chi connectivity index (χ1) is 6.74. The number of hydrogen-bond donors (Lipinski definition) is 2. The Balaban J connectivity index is 2.48. The van der Waals surface area contributed by atoms with E-state index < -0.39 is 0 Å². The van der Waals surface area contributed by atoms with Crippen molar-refractivity contribution in [2.75, 3.05) is 6.54 Å². The maximum Gasteiger partial charge on any atom is 0.265 e. The van der Waals surface area contributed by atoms with Crippen molar-refractivity contribution in [1.29, 1.82) is 0 Å². The van der Waals surface area contributed by atoms with Crippen molar-refractivity contribution in [3.8, 4) is 0 Å². The van der Waals surface area contributed by atoms with Crippen molar-refractivity contribution in [2.45, 2.75) is 13.3 Å². The van der Waals surface area contributed by atoms with E-state index in [0.717, 1.165) is 17.4 Å². The highest BCUT2D eigenvalue weighted by Gasteiger charge is 2.02. The van der Waals surface area contributed by atoms with Gasteiger partial charge in [0.25, 0.3) is 5.91 Å². The van der Waals surface area contributed by atoms with E-state index in [1.165, 1.54) is 0 Å². The smallest absolute Gasteiger partial charge is 0.265 e. The highest BCUT2D eigenvalue weighted by molar-refractivity contribution is 9.10. The first-order valence-electron chi connectivity index (χ1n) is 4.53. The molecule has 4 heteroatoms. The Bertz CT molecular complexity index is 297. The van der Waals surface area contributed by atoms with E-state index in [2.05, 4.69) is 26.8 Å². The quantitative estimate of drug-likeness (QED) is 0.640. The summed E-state index contributed by atoms with van der Waals surface area (Å²) in [6.07, 6.45) is 0.987. The van der Waals surface area contributed by atoms with Gasteiger partial charge in [-0.2, -0.15) is 0 Å². The summed E-state index contributed by atoms with van der Waals surface area (Å²) in [6, 6.07) is 7.23. The molecule has 1 aromatic carbocycles. The molecule has 0 saturated carbocycles.